The van der Waals surface area contributed by atoms with Crippen LogP contribution in [0.3, 0.4) is 0 Å². The van der Waals surface area contributed by atoms with Crippen LogP contribution in [0.25, 0.3) is 0 Å². The van der Waals surface area contributed by atoms with Gasteiger partial charge in [0.05, 0.1) is 5.69 Å². The van der Waals surface area contributed by atoms with Crippen molar-refractivity contribution < 1.29 is 26.1 Å². The van der Waals surface area contributed by atoms with Gasteiger partial charge in [-0.25, -0.2) is 8.42 Å². The van der Waals surface area contributed by atoms with E-state index in [0.29, 0.717) is 36.2 Å². The molecule has 28 heavy (non-hydrogen) atoms. The Balaban J connectivity index is 1.75. The molecular weight excluding hydrogens is 399 g/mol. The van der Waals surface area contributed by atoms with Crippen LogP contribution in [0.5, 0.6) is 0 Å². The Morgan fingerprint density at radius 2 is 1.93 bits per heavy atom. The molecule has 12 heteroatoms. The molecule has 1 aromatic heterocycles. The summed E-state index contributed by atoms with van der Waals surface area (Å²) in [6, 6.07) is 0. The predicted molar refractivity (Wildman–Crippen MR) is 98.3 cm³/mol. The second kappa shape index (κ2) is 9.12. The van der Waals surface area contributed by atoms with E-state index in [1.807, 2.05) is 13.8 Å². The van der Waals surface area contributed by atoms with Crippen LogP contribution in [0.4, 0.5) is 13.2 Å². The highest BCUT2D eigenvalue weighted by Gasteiger charge is 2.50. The summed E-state index contributed by atoms with van der Waals surface area (Å²) in [5, 5.41) is 10.2. The van der Waals surface area contributed by atoms with E-state index in [1.165, 1.54) is 0 Å². The molecule has 1 saturated heterocycles. The predicted octanol–water partition coefficient (Wildman–Crippen LogP) is 1.56. The van der Waals surface area contributed by atoms with Crippen LogP contribution >= 0.6 is 0 Å². The van der Waals surface area contributed by atoms with Crippen molar-refractivity contribution in [3.05, 3.63) is 17.0 Å². The first-order valence-electron chi connectivity index (χ1n) is 8.99. The molecule has 1 aliphatic heterocycles. The first-order valence-corrected chi connectivity index (χ1v) is 10.4. The monoisotopic (exact) mass is 425 g/mol. The summed E-state index contributed by atoms with van der Waals surface area (Å²) in [6.07, 6.45) is 1.44. The van der Waals surface area contributed by atoms with E-state index in [1.54, 1.807) is 7.05 Å². The quantitative estimate of drug-likeness (QED) is 0.530. The first-order chi connectivity index (χ1) is 13.1. The molecule has 0 radical (unpaired) electrons. The van der Waals surface area contributed by atoms with Crippen LogP contribution in [0.15, 0.2) is 9.52 Å². The molecule has 0 saturated carbocycles. The molecule has 0 amide bonds. The lowest BCUT2D eigenvalue weighted by molar-refractivity contribution is -0.0496. The molecule has 2 rings (SSSR count). The highest BCUT2D eigenvalue weighted by molar-refractivity contribution is 7.90. The van der Waals surface area contributed by atoms with Gasteiger partial charge in [-0.3, -0.25) is 4.99 Å². The molecule has 0 aromatic carbocycles. The molecule has 0 spiro atoms. The molecular formula is C16H26F3N5O3S. The number of alkyl halides is 3. The van der Waals surface area contributed by atoms with E-state index < -0.39 is 15.5 Å². The molecule has 8 nitrogen and oxygen atoms in total. The number of sulfonamides is 1. The number of aliphatic imine (C=N–C) groups is 1. The number of guanidine groups is 1. The number of piperidine rings is 1. The standard InChI is InChI=1S/C16H26F3N5O3S/c1-11-14(12(2)27-23-11)4-7-21-15(20-3)22-10-13-5-8-24(9-6-13)28(25,26)16(17,18)19/h13H,4-10H2,1-3H3,(H2,20,21,22). The zero-order valence-electron chi connectivity index (χ0n) is 16.1. The van der Waals surface area contributed by atoms with Gasteiger partial charge in [0.1, 0.15) is 5.76 Å². The lowest BCUT2D eigenvalue weighted by Gasteiger charge is -2.31. The molecule has 0 aliphatic carbocycles. The summed E-state index contributed by atoms with van der Waals surface area (Å²) in [4.78, 5) is 4.12. The molecule has 1 fully saturated rings. The fourth-order valence-electron chi connectivity index (χ4n) is 3.13. The van der Waals surface area contributed by atoms with Crippen LogP contribution < -0.4 is 10.6 Å². The number of hydrogen-bond donors (Lipinski definition) is 2. The number of aromatic nitrogens is 1. The fraction of sp³-hybridized carbons (Fsp3) is 0.750. The molecule has 0 bridgehead atoms. The van der Waals surface area contributed by atoms with Gasteiger partial charge in [-0.2, -0.15) is 17.5 Å². The summed E-state index contributed by atoms with van der Waals surface area (Å²) in [6.45, 7) is 4.59. The Morgan fingerprint density at radius 1 is 1.29 bits per heavy atom. The van der Waals surface area contributed by atoms with Gasteiger partial charge < -0.3 is 15.2 Å². The summed E-state index contributed by atoms with van der Waals surface area (Å²) in [5.74, 6) is 1.43. The summed E-state index contributed by atoms with van der Waals surface area (Å²) >= 11 is 0. The maximum absolute atomic E-state index is 12.6. The Hall–Kier alpha value is -1.82. The second-order valence-electron chi connectivity index (χ2n) is 6.73. The molecule has 2 heterocycles. The summed E-state index contributed by atoms with van der Waals surface area (Å²) < 4.78 is 66.3. The van der Waals surface area contributed by atoms with Crippen molar-refractivity contribution in [2.45, 2.75) is 38.6 Å². The van der Waals surface area contributed by atoms with Crippen molar-refractivity contribution in [3.63, 3.8) is 0 Å². The Kier molecular flexibility index (Phi) is 7.32. The van der Waals surface area contributed by atoms with Gasteiger partial charge in [-0.15, -0.1) is 0 Å². The van der Waals surface area contributed by atoms with Gasteiger partial charge in [0.2, 0.25) is 0 Å². The third-order valence-electron chi connectivity index (χ3n) is 4.84. The topological polar surface area (TPSA) is 99.8 Å². The Labute approximate surface area is 162 Å². The molecule has 2 N–H and O–H groups in total. The molecule has 0 unspecified atom stereocenters. The van der Waals surface area contributed by atoms with Crippen LogP contribution in [0.1, 0.15) is 29.9 Å². The number of halogens is 3. The summed E-state index contributed by atoms with van der Waals surface area (Å²) in [7, 11) is -3.61. The smallest absolute Gasteiger partial charge is 0.361 e. The first kappa shape index (κ1) is 22.5. The minimum absolute atomic E-state index is 0.0702. The Bertz CT molecular complexity index is 764. The van der Waals surface area contributed by atoms with Crippen molar-refractivity contribution in [1.82, 2.24) is 20.1 Å². The third kappa shape index (κ3) is 5.37. The van der Waals surface area contributed by atoms with E-state index in [-0.39, 0.29) is 19.0 Å². The number of hydrogen-bond acceptors (Lipinski definition) is 5. The number of nitrogens with zero attached hydrogens (tertiary/aromatic N) is 3. The average Bonchev–Trinajstić information content (AvgIpc) is 2.95. The number of rotatable bonds is 6. The van der Waals surface area contributed by atoms with Gasteiger partial charge in [-0.05, 0) is 39.0 Å². The second-order valence-corrected chi connectivity index (χ2v) is 8.66. The van der Waals surface area contributed by atoms with E-state index in [2.05, 4.69) is 20.8 Å². The van der Waals surface area contributed by atoms with Crippen LogP contribution in [0, 0.1) is 19.8 Å². The minimum atomic E-state index is -5.24. The van der Waals surface area contributed by atoms with Crippen LogP contribution in [-0.4, -0.2) is 62.6 Å². The summed E-state index contributed by atoms with van der Waals surface area (Å²) in [5.41, 5.74) is -3.35. The Morgan fingerprint density at radius 3 is 2.43 bits per heavy atom. The lowest BCUT2D eigenvalue weighted by Crippen LogP contribution is -2.47. The van der Waals surface area contributed by atoms with E-state index in [4.69, 9.17) is 4.52 Å². The number of nitrogens with one attached hydrogen (secondary N) is 2. The molecule has 0 atom stereocenters. The zero-order chi connectivity index (χ0) is 20.9. The highest BCUT2D eigenvalue weighted by atomic mass is 32.2. The van der Waals surface area contributed by atoms with Crippen molar-refractivity contribution in [2.24, 2.45) is 10.9 Å². The minimum Gasteiger partial charge on any atom is -0.361 e. The van der Waals surface area contributed by atoms with Crippen molar-refractivity contribution in [1.29, 1.82) is 0 Å². The average molecular weight is 425 g/mol. The van der Waals surface area contributed by atoms with E-state index in [0.717, 1.165) is 23.4 Å². The van der Waals surface area contributed by atoms with Gasteiger partial charge in [0.15, 0.2) is 5.96 Å². The molecule has 1 aromatic rings. The van der Waals surface area contributed by atoms with E-state index >= 15 is 0 Å². The lowest BCUT2D eigenvalue weighted by atomic mass is 9.98. The zero-order valence-corrected chi connectivity index (χ0v) is 17.0. The van der Waals surface area contributed by atoms with Gasteiger partial charge in [0, 0.05) is 38.8 Å². The molecule has 160 valence electrons. The van der Waals surface area contributed by atoms with E-state index in [9.17, 15) is 21.6 Å². The van der Waals surface area contributed by atoms with Gasteiger partial charge in [-0.1, -0.05) is 5.16 Å². The maximum atomic E-state index is 12.6. The van der Waals surface area contributed by atoms with Crippen LogP contribution in [0.2, 0.25) is 0 Å². The molecule has 1 aliphatic rings. The van der Waals surface area contributed by atoms with Crippen molar-refractivity contribution >= 4 is 16.0 Å². The van der Waals surface area contributed by atoms with Gasteiger partial charge >= 0.3 is 15.5 Å². The van der Waals surface area contributed by atoms with Crippen molar-refractivity contribution in [2.75, 3.05) is 33.2 Å². The van der Waals surface area contributed by atoms with Crippen LogP contribution in [-0.2, 0) is 16.4 Å². The SMILES string of the molecule is CN=C(NCCc1c(C)noc1C)NCC1CCN(S(=O)(=O)C(F)(F)F)CC1. The number of aryl methyl sites for hydroxylation is 2. The normalized spacial score (nSPS) is 17.7. The largest absolute Gasteiger partial charge is 0.511 e. The van der Waals surface area contributed by atoms with Crippen molar-refractivity contribution in [3.8, 4) is 0 Å². The third-order valence-corrected chi connectivity index (χ3v) is 6.47. The maximum Gasteiger partial charge on any atom is 0.511 e. The fourth-order valence-corrected chi connectivity index (χ4v) is 4.11. The highest BCUT2D eigenvalue weighted by Crippen LogP contribution is 2.30. The van der Waals surface area contributed by atoms with Gasteiger partial charge in [0.25, 0.3) is 0 Å².